The molecule has 0 aliphatic heterocycles. The highest BCUT2D eigenvalue weighted by Gasteiger charge is 2.30. The van der Waals surface area contributed by atoms with Crippen molar-refractivity contribution in [2.45, 2.75) is 38.1 Å². The number of benzene rings is 2. The van der Waals surface area contributed by atoms with Crippen LogP contribution in [0.25, 0.3) is 11.4 Å². The maximum absolute atomic E-state index is 13.0. The van der Waals surface area contributed by atoms with Crippen molar-refractivity contribution in [3.8, 4) is 28.6 Å². The molecule has 9 nitrogen and oxygen atoms in total. The van der Waals surface area contributed by atoms with Gasteiger partial charge < -0.3 is 18.7 Å². The molecule has 0 spiro atoms. The molecule has 0 fully saturated rings. The van der Waals surface area contributed by atoms with E-state index in [-0.39, 0.29) is 22.5 Å². The van der Waals surface area contributed by atoms with E-state index in [0.29, 0.717) is 29.2 Å². The number of methoxy groups -OCH3 is 3. The lowest BCUT2D eigenvalue weighted by atomic mass is 10.0. The molecule has 2 atom stereocenters. The second kappa shape index (κ2) is 10.2. The normalized spacial score (nSPS) is 13.4. The third-order valence-electron chi connectivity index (χ3n) is 5.46. The van der Waals surface area contributed by atoms with E-state index >= 15 is 0 Å². The molecule has 1 N–H and O–H groups in total. The predicted octanol–water partition coefficient (Wildman–Crippen LogP) is 4.14. The van der Waals surface area contributed by atoms with Gasteiger partial charge in [0.2, 0.25) is 27.5 Å². The molecule has 2 aromatic carbocycles. The number of rotatable bonds is 10. The van der Waals surface area contributed by atoms with E-state index in [1.54, 1.807) is 36.4 Å². The molecule has 1 heterocycles. The summed E-state index contributed by atoms with van der Waals surface area (Å²) in [7, 11) is 0.749. The summed E-state index contributed by atoms with van der Waals surface area (Å²) in [6.07, 6.45) is 0.697. The van der Waals surface area contributed by atoms with Crippen LogP contribution in [0.1, 0.15) is 37.8 Å². The SMILES string of the molecule is CC[C@@H](C)[C@H](NS(=O)(=O)c1ccc(C)cc1)c1nc(-c2cc(OC)c(OC)c(OC)c2)no1. The monoisotopic (exact) mass is 475 g/mol. The maximum Gasteiger partial charge on any atom is 0.245 e. The number of hydrogen-bond acceptors (Lipinski definition) is 8. The van der Waals surface area contributed by atoms with Crippen molar-refractivity contribution >= 4 is 10.0 Å². The number of hydrogen-bond donors (Lipinski definition) is 1. The molecule has 0 aliphatic rings. The molecular weight excluding hydrogens is 446 g/mol. The summed E-state index contributed by atoms with van der Waals surface area (Å²) in [5.41, 5.74) is 1.54. The molecule has 0 bridgehead atoms. The Bertz CT molecular complexity index is 1170. The zero-order valence-electron chi connectivity index (χ0n) is 19.6. The molecular formula is C23H29N3O6S. The van der Waals surface area contributed by atoms with Crippen molar-refractivity contribution in [1.82, 2.24) is 14.9 Å². The van der Waals surface area contributed by atoms with Crippen LogP contribution >= 0.6 is 0 Å². The molecule has 1 aromatic heterocycles. The summed E-state index contributed by atoms with van der Waals surface area (Å²) in [4.78, 5) is 4.66. The molecule has 0 saturated heterocycles. The minimum absolute atomic E-state index is 0.0986. The van der Waals surface area contributed by atoms with Crippen molar-refractivity contribution in [1.29, 1.82) is 0 Å². The fourth-order valence-electron chi connectivity index (χ4n) is 3.29. The van der Waals surface area contributed by atoms with Crippen LogP contribution < -0.4 is 18.9 Å². The van der Waals surface area contributed by atoms with Crippen molar-refractivity contribution in [3.05, 3.63) is 47.9 Å². The molecule has 3 rings (SSSR count). The van der Waals surface area contributed by atoms with Gasteiger partial charge in [0.25, 0.3) is 0 Å². The Hall–Kier alpha value is -3.11. The smallest absolute Gasteiger partial charge is 0.245 e. The van der Waals surface area contributed by atoms with Crippen LogP contribution in [0.4, 0.5) is 0 Å². The molecule has 0 saturated carbocycles. The summed E-state index contributed by atoms with van der Waals surface area (Å²) in [5.74, 6) is 1.67. The number of nitrogens with one attached hydrogen (secondary N) is 1. The lowest BCUT2D eigenvalue weighted by molar-refractivity contribution is 0.298. The van der Waals surface area contributed by atoms with E-state index in [1.807, 2.05) is 20.8 Å². The van der Waals surface area contributed by atoms with Gasteiger partial charge in [-0.1, -0.05) is 43.1 Å². The molecule has 10 heteroatoms. The van der Waals surface area contributed by atoms with E-state index in [4.69, 9.17) is 18.7 Å². The van der Waals surface area contributed by atoms with Gasteiger partial charge in [0.15, 0.2) is 11.5 Å². The molecule has 33 heavy (non-hydrogen) atoms. The number of ether oxygens (including phenoxy) is 3. The van der Waals surface area contributed by atoms with Crippen LogP contribution in [0.15, 0.2) is 45.8 Å². The molecule has 0 radical (unpaired) electrons. The highest BCUT2D eigenvalue weighted by molar-refractivity contribution is 7.89. The average Bonchev–Trinajstić information content (AvgIpc) is 3.31. The zero-order valence-corrected chi connectivity index (χ0v) is 20.4. The average molecular weight is 476 g/mol. The fraction of sp³-hybridized carbons (Fsp3) is 0.391. The van der Waals surface area contributed by atoms with Crippen molar-refractivity contribution < 1.29 is 27.2 Å². The van der Waals surface area contributed by atoms with Crippen LogP contribution in [0.2, 0.25) is 0 Å². The van der Waals surface area contributed by atoms with E-state index in [9.17, 15) is 8.42 Å². The van der Waals surface area contributed by atoms with Crippen molar-refractivity contribution in [3.63, 3.8) is 0 Å². The Morgan fingerprint density at radius 3 is 2.15 bits per heavy atom. The molecule has 0 aliphatic carbocycles. The summed E-state index contributed by atoms with van der Waals surface area (Å²) < 4.78 is 50.4. The third-order valence-corrected chi connectivity index (χ3v) is 6.91. The van der Waals surface area contributed by atoms with Crippen LogP contribution in [-0.4, -0.2) is 39.9 Å². The van der Waals surface area contributed by atoms with Gasteiger partial charge in [0.05, 0.1) is 26.2 Å². The Morgan fingerprint density at radius 1 is 1.03 bits per heavy atom. The topological polar surface area (TPSA) is 113 Å². The van der Waals surface area contributed by atoms with Crippen LogP contribution in [0.3, 0.4) is 0 Å². The van der Waals surface area contributed by atoms with Crippen LogP contribution in [-0.2, 0) is 10.0 Å². The van der Waals surface area contributed by atoms with Gasteiger partial charge in [-0.25, -0.2) is 8.42 Å². The Balaban J connectivity index is 1.98. The molecule has 0 unspecified atom stereocenters. The number of aryl methyl sites for hydroxylation is 1. The van der Waals surface area contributed by atoms with Crippen LogP contribution in [0.5, 0.6) is 17.2 Å². The largest absolute Gasteiger partial charge is 0.493 e. The molecule has 178 valence electrons. The van der Waals surface area contributed by atoms with Gasteiger partial charge >= 0.3 is 0 Å². The Labute approximate surface area is 194 Å². The summed E-state index contributed by atoms with van der Waals surface area (Å²) in [6, 6.07) is 9.34. The van der Waals surface area contributed by atoms with Gasteiger partial charge in [-0.05, 0) is 37.1 Å². The quantitative estimate of drug-likeness (QED) is 0.466. The summed E-state index contributed by atoms with van der Waals surface area (Å²) >= 11 is 0. The van der Waals surface area contributed by atoms with Gasteiger partial charge in [-0.3, -0.25) is 0 Å². The first-order chi connectivity index (χ1) is 15.7. The predicted molar refractivity (Wildman–Crippen MR) is 123 cm³/mol. The number of aromatic nitrogens is 2. The first-order valence-electron chi connectivity index (χ1n) is 10.5. The highest BCUT2D eigenvalue weighted by atomic mass is 32.2. The minimum atomic E-state index is -3.80. The zero-order chi connectivity index (χ0) is 24.2. The lowest BCUT2D eigenvalue weighted by Crippen LogP contribution is -2.32. The standard InChI is InChI=1S/C23H29N3O6S/c1-7-15(3)20(26-33(27,28)17-10-8-14(2)9-11-17)23-24-22(25-32-23)16-12-18(29-4)21(31-6)19(13-16)30-5/h8-13,15,20,26H,7H2,1-6H3/t15-,20+/m1/s1. The first-order valence-corrected chi connectivity index (χ1v) is 11.9. The number of sulfonamides is 1. The van der Waals surface area contributed by atoms with Gasteiger partial charge in [-0.2, -0.15) is 9.71 Å². The van der Waals surface area contributed by atoms with Crippen molar-refractivity contribution in [2.75, 3.05) is 21.3 Å². The number of nitrogens with zero attached hydrogens (tertiary/aromatic N) is 2. The first kappa shape index (κ1) is 24.5. The third kappa shape index (κ3) is 5.28. The van der Waals surface area contributed by atoms with Crippen LogP contribution in [0, 0.1) is 12.8 Å². The summed E-state index contributed by atoms with van der Waals surface area (Å²) in [6.45, 7) is 5.79. The maximum atomic E-state index is 13.0. The summed E-state index contributed by atoms with van der Waals surface area (Å²) in [5, 5.41) is 4.07. The molecule has 3 aromatic rings. The second-order valence-electron chi connectivity index (χ2n) is 7.67. The Kier molecular flexibility index (Phi) is 7.60. The van der Waals surface area contributed by atoms with Gasteiger partial charge in [0, 0.05) is 5.56 Å². The van der Waals surface area contributed by atoms with E-state index in [0.717, 1.165) is 5.56 Å². The minimum Gasteiger partial charge on any atom is -0.493 e. The van der Waals surface area contributed by atoms with E-state index < -0.39 is 16.1 Å². The van der Waals surface area contributed by atoms with Crippen molar-refractivity contribution in [2.24, 2.45) is 5.92 Å². The second-order valence-corrected chi connectivity index (χ2v) is 9.38. The molecule has 0 amide bonds. The van der Waals surface area contributed by atoms with E-state index in [2.05, 4.69) is 14.9 Å². The van der Waals surface area contributed by atoms with E-state index in [1.165, 1.54) is 21.3 Å². The van der Waals surface area contributed by atoms with Gasteiger partial charge in [-0.15, -0.1) is 0 Å². The highest BCUT2D eigenvalue weighted by Crippen LogP contribution is 2.41. The van der Waals surface area contributed by atoms with Gasteiger partial charge in [0.1, 0.15) is 6.04 Å². The Morgan fingerprint density at radius 2 is 1.64 bits per heavy atom. The lowest BCUT2D eigenvalue weighted by Gasteiger charge is -2.20. The fourth-order valence-corrected chi connectivity index (χ4v) is 4.59.